The molecule has 0 radical (unpaired) electrons. The monoisotopic (exact) mass is 280 g/mol. The Morgan fingerprint density at radius 2 is 2.10 bits per heavy atom. The van der Waals surface area contributed by atoms with Crippen LogP contribution in [0.5, 0.6) is 11.5 Å². The van der Waals surface area contributed by atoms with Crippen molar-refractivity contribution in [2.45, 2.75) is 26.7 Å². The van der Waals surface area contributed by atoms with Gasteiger partial charge in [-0.2, -0.15) is 0 Å². The van der Waals surface area contributed by atoms with Gasteiger partial charge in [-0.25, -0.2) is 0 Å². The number of ether oxygens (including phenoxy) is 2. The number of anilines is 1. The fourth-order valence-electron chi connectivity index (χ4n) is 1.89. The van der Waals surface area contributed by atoms with Gasteiger partial charge in [0.05, 0.1) is 13.7 Å². The van der Waals surface area contributed by atoms with Crippen molar-refractivity contribution in [3.05, 3.63) is 18.2 Å². The van der Waals surface area contributed by atoms with Crippen molar-refractivity contribution in [1.29, 1.82) is 0 Å². The highest BCUT2D eigenvalue weighted by atomic mass is 16.5. The number of hydrogen-bond acceptors (Lipinski definition) is 4. The molecule has 20 heavy (non-hydrogen) atoms. The molecule has 1 atom stereocenters. The van der Waals surface area contributed by atoms with Crippen molar-refractivity contribution in [2.75, 3.05) is 25.6 Å². The maximum Gasteiger partial charge on any atom is 0.224 e. The highest BCUT2D eigenvalue weighted by Crippen LogP contribution is 2.30. The summed E-state index contributed by atoms with van der Waals surface area (Å²) in [6, 6.07) is 5.35. The van der Waals surface area contributed by atoms with E-state index in [0.29, 0.717) is 36.8 Å². The number of methoxy groups -OCH3 is 1. The lowest BCUT2D eigenvalue weighted by atomic mass is 10.0. The third-order valence-corrected chi connectivity index (χ3v) is 3.13. The second kappa shape index (κ2) is 8.43. The summed E-state index contributed by atoms with van der Waals surface area (Å²) >= 11 is 0. The van der Waals surface area contributed by atoms with Gasteiger partial charge in [-0.05, 0) is 31.5 Å². The lowest BCUT2D eigenvalue weighted by Crippen LogP contribution is -2.21. The second-order valence-corrected chi connectivity index (χ2v) is 4.56. The molecule has 0 heterocycles. The molecule has 1 rings (SSSR count). The van der Waals surface area contributed by atoms with Gasteiger partial charge >= 0.3 is 0 Å². The topological polar surface area (TPSA) is 73.6 Å². The Labute approximate surface area is 120 Å². The number of rotatable bonds is 8. The fourth-order valence-corrected chi connectivity index (χ4v) is 1.89. The van der Waals surface area contributed by atoms with Crippen molar-refractivity contribution in [3.8, 4) is 11.5 Å². The predicted molar refractivity (Wildman–Crippen MR) is 80.2 cm³/mol. The van der Waals surface area contributed by atoms with E-state index in [9.17, 15) is 4.79 Å². The van der Waals surface area contributed by atoms with Crippen LogP contribution in [0.4, 0.5) is 5.69 Å². The summed E-state index contributed by atoms with van der Waals surface area (Å²) in [6.07, 6.45) is 1.33. The van der Waals surface area contributed by atoms with Gasteiger partial charge in [-0.15, -0.1) is 0 Å². The second-order valence-electron chi connectivity index (χ2n) is 4.56. The Morgan fingerprint density at radius 1 is 1.35 bits per heavy atom. The first-order chi connectivity index (χ1) is 9.64. The minimum atomic E-state index is -0.0338. The van der Waals surface area contributed by atoms with Gasteiger partial charge in [0.15, 0.2) is 11.5 Å². The highest BCUT2D eigenvalue weighted by molar-refractivity contribution is 5.91. The molecule has 1 amide bonds. The number of carbonyl (C=O) groups excluding carboxylic acids is 1. The van der Waals surface area contributed by atoms with Crippen LogP contribution in [0, 0.1) is 5.92 Å². The Balaban J connectivity index is 2.70. The van der Waals surface area contributed by atoms with Crippen LogP contribution in [0.3, 0.4) is 0 Å². The van der Waals surface area contributed by atoms with Crippen LogP contribution in [-0.2, 0) is 4.79 Å². The standard InChI is InChI=1S/C15H24N2O3/c1-4-11(10-16)8-15(18)17-12-6-7-13(20-5-2)14(9-12)19-3/h6-7,9,11H,4-5,8,10,16H2,1-3H3,(H,17,18). The van der Waals surface area contributed by atoms with Crippen LogP contribution in [-0.4, -0.2) is 26.2 Å². The Morgan fingerprint density at radius 3 is 2.65 bits per heavy atom. The zero-order valence-corrected chi connectivity index (χ0v) is 12.4. The van der Waals surface area contributed by atoms with Crippen LogP contribution in [0.1, 0.15) is 26.7 Å². The van der Waals surface area contributed by atoms with Crippen molar-refractivity contribution >= 4 is 11.6 Å². The third-order valence-electron chi connectivity index (χ3n) is 3.13. The number of hydrogen-bond donors (Lipinski definition) is 2. The normalized spacial score (nSPS) is 11.8. The minimum absolute atomic E-state index is 0.0338. The molecule has 1 unspecified atom stereocenters. The first-order valence-corrected chi connectivity index (χ1v) is 6.95. The van der Waals surface area contributed by atoms with E-state index in [1.165, 1.54) is 0 Å². The van der Waals surface area contributed by atoms with E-state index in [2.05, 4.69) is 5.32 Å². The van der Waals surface area contributed by atoms with Crippen molar-refractivity contribution in [3.63, 3.8) is 0 Å². The van der Waals surface area contributed by atoms with Gasteiger partial charge in [-0.3, -0.25) is 4.79 Å². The molecule has 0 aromatic heterocycles. The number of carbonyl (C=O) groups is 1. The highest BCUT2D eigenvalue weighted by Gasteiger charge is 2.12. The van der Waals surface area contributed by atoms with Gasteiger partial charge < -0.3 is 20.5 Å². The SMILES string of the molecule is CCOc1ccc(NC(=O)CC(CC)CN)cc1OC. The average Bonchev–Trinajstić information content (AvgIpc) is 2.46. The van der Waals surface area contributed by atoms with Crippen LogP contribution in [0.15, 0.2) is 18.2 Å². The van der Waals surface area contributed by atoms with Crippen LogP contribution in [0.2, 0.25) is 0 Å². The van der Waals surface area contributed by atoms with Gasteiger partial charge in [0.25, 0.3) is 0 Å². The maximum absolute atomic E-state index is 11.9. The largest absolute Gasteiger partial charge is 0.493 e. The Bertz CT molecular complexity index is 431. The van der Waals surface area contributed by atoms with E-state index in [0.717, 1.165) is 6.42 Å². The molecule has 0 fully saturated rings. The molecule has 3 N–H and O–H groups in total. The summed E-state index contributed by atoms with van der Waals surface area (Å²) in [7, 11) is 1.57. The predicted octanol–water partition coefficient (Wildman–Crippen LogP) is 2.41. The van der Waals surface area contributed by atoms with Crippen LogP contribution >= 0.6 is 0 Å². The van der Waals surface area contributed by atoms with Gasteiger partial charge in [-0.1, -0.05) is 13.3 Å². The first-order valence-electron chi connectivity index (χ1n) is 6.95. The molecule has 5 nitrogen and oxygen atoms in total. The molecule has 0 saturated carbocycles. The van der Waals surface area contributed by atoms with Crippen LogP contribution in [0.25, 0.3) is 0 Å². The molecule has 0 saturated heterocycles. The minimum Gasteiger partial charge on any atom is -0.493 e. The zero-order valence-electron chi connectivity index (χ0n) is 12.4. The number of benzene rings is 1. The van der Waals surface area contributed by atoms with Crippen molar-refractivity contribution in [1.82, 2.24) is 0 Å². The molecule has 5 heteroatoms. The first kappa shape index (κ1) is 16.3. The van der Waals surface area contributed by atoms with Gasteiger partial charge in [0, 0.05) is 18.2 Å². The third kappa shape index (κ3) is 4.74. The van der Waals surface area contributed by atoms with Crippen molar-refractivity contribution in [2.24, 2.45) is 11.7 Å². The summed E-state index contributed by atoms with van der Waals surface area (Å²) < 4.78 is 10.7. The Kier molecular flexibility index (Phi) is 6.87. The molecule has 1 aromatic carbocycles. The summed E-state index contributed by atoms with van der Waals surface area (Å²) in [5, 5.41) is 2.86. The zero-order chi connectivity index (χ0) is 15.0. The molecular weight excluding hydrogens is 256 g/mol. The summed E-state index contributed by atoms with van der Waals surface area (Å²) in [5.41, 5.74) is 6.30. The quantitative estimate of drug-likeness (QED) is 0.767. The maximum atomic E-state index is 11.9. The average molecular weight is 280 g/mol. The molecule has 0 aliphatic carbocycles. The van der Waals surface area contributed by atoms with Gasteiger partial charge in [0.1, 0.15) is 0 Å². The summed E-state index contributed by atoms with van der Waals surface area (Å²) in [5.74, 6) is 1.46. The lowest BCUT2D eigenvalue weighted by molar-refractivity contribution is -0.117. The molecule has 0 aliphatic rings. The number of amides is 1. The van der Waals surface area contributed by atoms with Gasteiger partial charge in [0.2, 0.25) is 5.91 Å². The molecule has 1 aromatic rings. The van der Waals surface area contributed by atoms with E-state index in [1.807, 2.05) is 13.8 Å². The molecule has 0 aliphatic heterocycles. The van der Waals surface area contributed by atoms with E-state index < -0.39 is 0 Å². The van der Waals surface area contributed by atoms with E-state index in [1.54, 1.807) is 25.3 Å². The van der Waals surface area contributed by atoms with E-state index >= 15 is 0 Å². The lowest BCUT2D eigenvalue weighted by Gasteiger charge is -2.14. The van der Waals surface area contributed by atoms with E-state index in [4.69, 9.17) is 15.2 Å². The number of nitrogens with one attached hydrogen (secondary N) is 1. The molecular formula is C15H24N2O3. The van der Waals surface area contributed by atoms with Crippen molar-refractivity contribution < 1.29 is 14.3 Å². The number of nitrogens with two attached hydrogens (primary N) is 1. The molecule has 112 valence electrons. The van der Waals surface area contributed by atoms with E-state index in [-0.39, 0.29) is 11.8 Å². The fraction of sp³-hybridized carbons (Fsp3) is 0.533. The smallest absolute Gasteiger partial charge is 0.224 e. The molecule has 0 spiro atoms. The molecule has 0 bridgehead atoms. The summed E-state index contributed by atoms with van der Waals surface area (Å²) in [6.45, 7) is 5.03. The van der Waals surface area contributed by atoms with Crippen LogP contribution < -0.4 is 20.5 Å². The Hall–Kier alpha value is -1.75. The summed E-state index contributed by atoms with van der Waals surface area (Å²) in [4.78, 5) is 11.9.